The number of H-pyrrole nitrogens is 1. The van der Waals surface area contributed by atoms with Crippen LogP contribution in [-0.4, -0.2) is 80.3 Å². The zero-order valence-electron chi connectivity index (χ0n) is 19.1. The Hall–Kier alpha value is -3.44. The number of hydrogen-bond donors (Lipinski definition) is 3. The SMILES string of the molecule is COc1cc(S(=O)(=O)N2CCOCC2)ccc1Nc1nc(NC2CCOC2)c2c(C#N)c[nH]c2n1. The van der Waals surface area contributed by atoms with Gasteiger partial charge in [0.15, 0.2) is 0 Å². The van der Waals surface area contributed by atoms with Gasteiger partial charge in [-0.2, -0.15) is 19.5 Å². The minimum absolute atomic E-state index is 0.0709. The van der Waals surface area contributed by atoms with Gasteiger partial charge in [0.1, 0.15) is 23.3 Å². The van der Waals surface area contributed by atoms with E-state index in [0.717, 1.165) is 6.42 Å². The van der Waals surface area contributed by atoms with Gasteiger partial charge in [-0.05, 0) is 18.6 Å². The number of sulfonamides is 1. The first-order chi connectivity index (χ1) is 17.0. The van der Waals surface area contributed by atoms with Crippen LogP contribution in [0, 0.1) is 11.3 Å². The molecule has 2 aliphatic heterocycles. The lowest BCUT2D eigenvalue weighted by Gasteiger charge is -2.26. The fourth-order valence-electron chi connectivity index (χ4n) is 4.11. The molecule has 0 spiro atoms. The van der Waals surface area contributed by atoms with E-state index in [9.17, 15) is 13.7 Å². The van der Waals surface area contributed by atoms with Gasteiger partial charge in [0.2, 0.25) is 16.0 Å². The van der Waals surface area contributed by atoms with E-state index in [1.54, 1.807) is 12.3 Å². The zero-order chi connectivity index (χ0) is 24.4. The fraction of sp³-hybridized carbons (Fsp3) is 0.409. The summed E-state index contributed by atoms with van der Waals surface area (Å²) in [5.41, 5.74) is 1.42. The number of ether oxygens (including phenoxy) is 3. The Balaban J connectivity index is 1.47. The number of morpholine rings is 1. The van der Waals surface area contributed by atoms with Gasteiger partial charge in [-0.3, -0.25) is 0 Å². The van der Waals surface area contributed by atoms with E-state index >= 15 is 0 Å². The van der Waals surface area contributed by atoms with Crippen LogP contribution in [0.3, 0.4) is 0 Å². The highest BCUT2D eigenvalue weighted by molar-refractivity contribution is 7.89. The molecule has 0 aliphatic carbocycles. The van der Waals surface area contributed by atoms with Crippen molar-refractivity contribution in [2.24, 2.45) is 0 Å². The maximum atomic E-state index is 13.0. The van der Waals surface area contributed by atoms with Gasteiger partial charge >= 0.3 is 0 Å². The Morgan fingerprint density at radius 3 is 2.77 bits per heavy atom. The number of fused-ring (bicyclic) bond motifs is 1. The van der Waals surface area contributed by atoms with Gasteiger partial charge in [0, 0.05) is 32.0 Å². The van der Waals surface area contributed by atoms with E-state index in [4.69, 9.17) is 14.2 Å². The van der Waals surface area contributed by atoms with Gasteiger partial charge in [0.05, 0.1) is 54.5 Å². The summed E-state index contributed by atoms with van der Waals surface area (Å²) in [4.78, 5) is 12.2. The topological polar surface area (TPSA) is 154 Å². The molecule has 5 rings (SSSR count). The Labute approximate surface area is 202 Å². The Kier molecular flexibility index (Phi) is 6.44. The van der Waals surface area contributed by atoms with Gasteiger partial charge in [-0.25, -0.2) is 8.42 Å². The summed E-state index contributed by atoms with van der Waals surface area (Å²) in [7, 11) is -2.21. The third-order valence-corrected chi connectivity index (χ3v) is 7.84. The van der Waals surface area contributed by atoms with E-state index in [2.05, 4.69) is 31.7 Å². The molecule has 2 aromatic heterocycles. The number of methoxy groups -OCH3 is 1. The van der Waals surface area contributed by atoms with Crippen LogP contribution in [0.5, 0.6) is 5.75 Å². The molecule has 4 heterocycles. The standard InChI is InChI=1S/C22H25N7O5S/c1-32-18-10-16(35(30,31)29-5-8-33-9-6-29)2-3-17(18)26-22-27-20-19(14(11-23)12-24-20)21(28-22)25-15-4-7-34-13-15/h2-3,10,12,15H,4-9,13H2,1H3,(H3,24,25,26,27,28). The third-order valence-electron chi connectivity index (χ3n) is 5.95. The first-order valence-electron chi connectivity index (χ1n) is 11.2. The lowest BCUT2D eigenvalue weighted by molar-refractivity contribution is 0.0730. The van der Waals surface area contributed by atoms with Crippen LogP contribution < -0.4 is 15.4 Å². The molecule has 2 fully saturated rings. The summed E-state index contributed by atoms with van der Waals surface area (Å²) in [6.07, 6.45) is 2.42. The number of anilines is 3. The molecule has 1 aromatic carbocycles. The predicted molar refractivity (Wildman–Crippen MR) is 127 cm³/mol. The molecule has 0 bridgehead atoms. The molecule has 3 aromatic rings. The Bertz CT molecular complexity index is 1370. The minimum Gasteiger partial charge on any atom is -0.495 e. The second kappa shape index (κ2) is 9.67. The summed E-state index contributed by atoms with van der Waals surface area (Å²) >= 11 is 0. The number of nitrogens with one attached hydrogen (secondary N) is 3. The van der Waals surface area contributed by atoms with Crippen LogP contribution in [0.4, 0.5) is 17.5 Å². The highest BCUT2D eigenvalue weighted by Gasteiger charge is 2.27. The minimum atomic E-state index is -3.68. The van der Waals surface area contributed by atoms with Crippen LogP contribution in [0.1, 0.15) is 12.0 Å². The van der Waals surface area contributed by atoms with Gasteiger partial charge in [-0.15, -0.1) is 0 Å². The number of rotatable bonds is 7. The third kappa shape index (κ3) is 4.61. The maximum Gasteiger partial charge on any atom is 0.243 e. The van der Waals surface area contributed by atoms with E-state index in [-0.39, 0.29) is 16.9 Å². The summed E-state index contributed by atoms with van der Waals surface area (Å²) in [5, 5.41) is 16.6. The van der Waals surface area contributed by atoms with Crippen molar-refractivity contribution < 1.29 is 22.6 Å². The van der Waals surface area contributed by atoms with Crippen LogP contribution >= 0.6 is 0 Å². The first kappa shape index (κ1) is 23.3. The van der Waals surface area contributed by atoms with Crippen molar-refractivity contribution in [3.63, 3.8) is 0 Å². The largest absolute Gasteiger partial charge is 0.495 e. The van der Waals surface area contributed by atoms with Crippen molar-refractivity contribution in [1.82, 2.24) is 19.3 Å². The van der Waals surface area contributed by atoms with Crippen molar-refractivity contribution in [3.05, 3.63) is 30.0 Å². The molecule has 0 radical (unpaired) electrons. The molecule has 2 aliphatic rings. The second-order valence-corrected chi connectivity index (χ2v) is 10.1. The zero-order valence-corrected chi connectivity index (χ0v) is 19.9. The van der Waals surface area contributed by atoms with Gasteiger partial charge < -0.3 is 29.8 Å². The number of aromatic amines is 1. The molecule has 13 heteroatoms. The van der Waals surface area contributed by atoms with Crippen molar-refractivity contribution in [1.29, 1.82) is 5.26 Å². The van der Waals surface area contributed by atoms with Crippen molar-refractivity contribution in [2.75, 3.05) is 57.3 Å². The van der Waals surface area contributed by atoms with E-state index in [0.29, 0.717) is 73.4 Å². The molecule has 1 unspecified atom stereocenters. The van der Waals surface area contributed by atoms with E-state index < -0.39 is 10.0 Å². The van der Waals surface area contributed by atoms with Crippen molar-refractivity contribution >= 4 is 38.5 Å². The second-order valence-electron chi connectivity index (χ2n) is 8.14. The molecule has 0 saturated carbocycles. The highest BCUT2D eigenvalue weighted by atomic mass is 32.2. The van der Waals surface area contributed by atoms with Crippen LogP contribution in [-0.2, 0) is 19.5 Å². The molecule has 1 atom stereocenters. The number of nitriles is 1. The summed E-state index contributed by atoms with van der Waals surface area (Å²) in [6.45, 7) is 2.55. The van der Waals surface area contributed by atoms with Crippen LogP contribution in [0.15, 0.2) is 29.3 Å². The monoisotopic (exact) mass is 499 g/mol. The van der Waals surface area contributed by atoms with Crippen LogP contribution in [0.2, 0.25) is 0 Å². The van der Waals surface area contributed by atoms with Crippen molar-refractivity contribution in [3.8, 4) is 11.8 Å². The lowest BCUT2D eigenvalue weighted by atomic mass is 10.2. The molecular formula is C22H25N7O5S. The first-order valence-corrected chi connectivity index (χ1v) is 12.6. The fourth-order valence-corrected chi connectivity index (χ4v) is 5.54. The number of aromatic nitrogens is 3. The lowest BCUT2D eigenvalue weighted by Crippen LogP contribution is -2.40. The average Bonchev–Trinajstić information content (AvgIpc) is 3.54. The van der Waals surface area contributed by atoms with Gasteiger partial charge in [0.25, 0.3) is 0 Å². The molecular weight excluding hydrogens is 474 g/mol. The highest BCUT2D eigenvalue weighted by Crippen LogP contribution is 2.33. The normalized spacial score (nSPS) is 18.9. The van der Waals surface area contributed by atoms with Crippen LogP contribution in [0.25, 0.3) is 11.0 Å². The van der Waals surface area contributed by atoms with Gasteiger partial charge in [-0.1, -0.05) is 0 Å². The number of hydrogen-bond acceptors (Lipinski definition) is 10. The Morgan fingerprint density at radius 2 is 2.06 bits per heavy atom. The number of benzene rings is 1. The van der Waals surface area contributed by atoms with Crippen molar-refractivity contribution in [2.45, 2.75) is 17.4 Å². The predicted octanol–water partition coefficient (Wildman–Crippen LogP) is 1.80. The molecule has 35 heavy (non-hydrogen) atoms. The molecule has 184 valence electrons. The molecule has 0 amide bonds. The maximum absolute atomic E-state index is 13.0. The molecule has 12 nitrogen and oxygen atoms in total. The molecule has 3 N–H and O–H groups in total. The quantitative estimate of drug-likeness (QED) is 0.438. The Morgan fingerprint density at radius 1 is 1.23 bits per heavy atom. The summed E-state index contributed by atoms with van der Waals surface area (Å²) < 4.78 is 43.7. The van der Waals surface area contributed by atoms with E-state index in [1.807, 2.05) is 0 Å². The average molecular weight is 500 g/mol. The molecule has 2 saturated heterocycles. The summed E-state index contributed by atoms with van der Waals surface area (Å²) in [6, 6.07) is 6.84. The number of nitrogens with zero attached hydrogens (tertiary/aromatic N) is 4. The summed E-state index contributed by atoms with van der Waals surface area (Å²) in [5.74, 6) is 1.09. The van der Waals surface area contributed by atoms with E-state index in [1.165, 1.54) is 23.5 Å². The smallest absolute Gasteiger partial charge is 0.243 e.